The second kappa shape index (κ2) is 10.5. The number of carbonyl (C=O) groups excluding carboxylic acids is 1. The summed E-state index contributed by atoms with van der Waals surface area (Å²) in [6.45, 7) is 4.60. The molecule has 1 saturated carbocycles. The molecule has 0 aromatic carbocycles. The summed E-state index contributed by atoms with van der Waals surface area (Å²) in [5.41, 5.74) is 2.97. The van der Waals surface area contributed by atoms with Gasteiger partial charge < -0.3 is 19.5 Å². The van der Waals surface area contributed by atoms with Gasteiger partial charge in [0.15, 0.2) is 0 Å². The number of aromatic nitrogens is 3. The van der Waals surface area contributed by atoms with Crippen LogP contribution in [0.4, 0.5) is 4.79 Å². The van der Waals surface area contributed by atoms with Crippen LogP contribution < -0.4 is 4.74 Å². The third kappa shape index (κ3) is 5.57. The Morgan fingerprint density at radius 1 is 1.31 bits per heavy atom. The lowest BCUT2D eigenvalue weighted by atomic mass is 9.87. The number of carboxylic acids is 1. The van der Waals surface area contributed by atoms with E-state index in [2.05, 4.69) is 10.1 Å². The van der Waals surface area contributed by atoms with E-state index in [-0.39, 0.29) is 24.7 Å². The number of hydrogen-bond acceptors (Lipinski definition) is 6. The molecule has 9 nitrogen and oxygen atoms in total. The molecule has 2 aromatic rings. The Kier molecular flexibility index (Phi) is 7.71. The number of aryl methyl sites for hydroxylation is 2. The third-order valence-corrected chi connectivity index (χ3v) is 5.85. The predicted octanol–water partition coefficient (Wildman–Crippen LogP) is 3.79. The van der Waals surface area contributed by atoms with Crippen LogP contribution in [0.1, 0.15) is 50.4 Å². The maximum absolute atomic E-state index is 12.1. The molecule has 174 valence electrons. The summed E-state index contributed by atoms with van der Waals surface area (Å²) in [6.07, 6.45) is 4.98. The Labute approximate surface area is 188 Å². The summed E-state index contributed by atoms with van der Waals surface area (Å²) >= 11 is 0. The van der Waals surface area contributed by atoms with Crippen molar-refractivity contribution < 1.29 is 24.2 Å². The van der Waals surface area contributed by atoms with E-state index in [1.54, 1.807) is 29.9 Å². The van der Waals surface area contributed by atoms with E-state index >= 15 is 0 Å². The summed E-state index contributed by atoms with van der Waals surface area (Å²) in [5.74, 6) is -0.449. The van der Waals surface area contributed by atoms with Crippen LogP contribution in [0.15, 0.2) is 18.3 Å². The molecule has 0 saturated heterocycles. The van der Waals surface area contributed by atoms with Crippen LogP contribution in [-0.4, -0.2) is 56.5 Å². The zero-order valence-corrected chi connectivity index (χ0v) is 19.2. The fourth-order valence-corrected chi connectivity index (χ4v) is 3.99. The quantitative estimate of drug-likeness (QED) is 0.660. The molecule has 2 heterocycles. The average molecular weight is 445 g/mol. The molecule has 1 amide bonds. The van der Waals surface area contributed by atoms with Crippen molar-refractivity contribution in [2.45, 2.75) is 58.7 Å². The first-order valence-corrected chi connectivity index (χ1v) is 11.1. The van der Waals surface area contributed by atoms with Gasteiger partial charge in [0.25, 0.3) is 0 Å². The molecule has 0 aliphatic heterocycles. The molecule has 1 aliphatic carbocycles. The lowest BCUT2D eigenvalue weighted by Crippen LogP contribution is -2.29. The number of hydrogen-bond donors (Lipinski definition) is 1. The van der Waals surface area contributed by atoms with E-state index < -0.39 is 5.97 Å². The first-order valence-electron chi connectivity index (χ1n) is 11.1. The van der Waals surface area contributed by atoms with Crippen molar-refractivity contribution in [1.29, 1.82) is 0 Å². The summed E-state index contributed by atoms with van der Waals surface area (Å²) < 4.78 is 13.2. The SMILES string of the molecule is CCCN(C)C(=O)OCc1c(-c2ccc(O[C@H]3CCC[C@H](C(=O)O)C3)c(C)n2)cnn1C. The molecule has 1 fully saturated rings. The molecule has 0 unspecified atom stereocenters. The maximum atomic E-state index is 12.1. The second-order valence-electron chi connectivity index (χ2n) is 8.33. The van der Waals surface area contributed by atoms with Crippen LogP contribution in [-0.2, 0) is 23.2 Å². The summed E-state index contributed by atoms with van der Waals surface area (Å²) in [5, 5.41) is 13.6. The van der Waals surface area contributed by atoms with Crippen LogP contribution in [0.25, 0.3) is 11.3 Å². The highest BCUT2D eigenvalue weighted by molar-refractivity contribution is 5.70. The molecular formula is C23H32N4O5. The van der Waals surface area contributed by atoms with Gasteiger partial charge in [0, 0.05) is 26.2 Å². The van der Waals surface area contributed by atoms with Crippen LogP contribution in [0, 0.1) is 12.8 Å². The number of nitrogens with zero attached hydrogens (tertiary/aromatic N) is 4. The van der Waals surface area contributed by atoms with Crippen molar-refractivity contribution in [1.82, 2.24) is 19.7 Å². The van der Waals surface area contributed by atoms with Crippen LogP contribution >= 0.6 is 0 Å². The maximum Gasteiger partial charge on any atom is 0.409 e. The van der Waals surface area contributed by atoms with Crippen molar-refractivity contribution in [3.8, 4) is 17.0 Å². The van der Waals surface area contributed by atoms with Crippen molar-refractivity contribution in [3.63, 3.8) is 0 Å². The van der Waals surface area contributed by atoms with E-state index in [0.29, 0.717) is 30.8 Å². The number of ether oxygens (including phenoxy) is 2. The molecule has 0 bridgehead atoms. The topological polar surface area (TPSA) is 107 Å². The number of aliphatic carboxylic acids is 1. The number of rotatable bonds is 8. The Hall–Kier alpha value is -3.10. The highest BCUT2D eigenvalue weighted by Crippen LogP contribution is 2.31. The van der Waals surface area contributed by atoms with E-state index in [9.17, 15) is 14.7 Å². The van der Waals surface area contributed by atoms with Gasteiger partial charge >= 0.3 is 12.1 Å². The van der Waals surface area contributed by atoms with Crippen molar-refractivity contribution in [2.75, 3.05) is 13.6 Å². The van der Waals surface area contributed by atoms with Gasteiger partial charge in [0.1, 0.15) is 12.4 Å². The monoisotopic (exact) mass is 444 g/mol. The minimum absolute atomic E-state index is 0.0936. The largest absolute Gasteiger partial charge is 0.489 e. The molecular weight excluding hydrogens is 412 g/mol. The summed E-state index contributed by atoms with van der Waals surface area (Å²) in [6, 6.07) is 3.71. The van der Waals surface area contributed by atoms with Crippen molar-refractivity contribution in [3.05, 3.63) is 29.7 Å². The van der Waals surface area contributed by atoms with E-state index in [1.165, 1.54) is 0 Å². The van der Waals surface area contributed by atoms with Crippen molar-refractivity contribution >= 4 is 12.1 Å². The van der Waals surface area contributed by atoms with Crippen LogP contribution in [0.2, 0.25) is 0 Å². The second-order valence-corrected chi connectivity index (χ2v) is 8.33. The molecule has 2 aromatic heterocycles. The molecule has 0 radical (unpaired) electrons. The number of carboxylic acid groups (broad SMARTS) is 1. The van der Waals surface area contributed by atoms with E-state index in [0.717, 1.165) is 36.2 Å². The van der Waals surface area contributed by atoms with Gasteiger partial charge in [-0.2, -0.15) is 5.10 Å². The molecule has 2 atom stereocenters. The minimum Gasteiger partial charge on any atom is -0.489 e. The van der Waals surface area contributed by atoms with Gasteiger partial charge in [-0.3, -0.25) is 9.48 Å². The zero-order chi connectivity index (χ0) is 23.3. The average Bonchev–Trinajstić information content (AvgIpc) is 3.14. The first kappa shape index (κ1) is 23.6. The Balaban J connectivity index is 1.71. The van der Waals surface area contributed by atoms with E-state index in [1.807, 2.05) is 26.0 Å². The van der Waals surface area contributed by atoms with Gasteiger partial charge in [-0.1, -0.05) is 6.92 Å². The molecule has 3 rings (SSSR count). The van der Waals surface area contributed by atoms with Gasteiger partial charge in [-0.05, 0) is 51.2 Å². The summed E-state index contributed by atoms with van der Waals surface area (Å²) in [7, 11) is 3.51. The smallest absolute Gasteiger partial charge is 0.409 e. The normalized spacial score (nSPS) is 18.2. The predicted molar refractivity (Wildman–Crippen MR) is 118 cm³/mol. The fraction of sp³-hybridized carbons (Fsp3) is 0.565. The summed E-state index contributed by atoms with van der Waals surface area (Å²) in [4.78, 5) is 29.7. The van der Waals surface area contributed by atoms with Gasteiger partial charge in [-0.25, -0.2) is 9.78 Å². The molecule has 9 heteroatoms. The Morgan fingerprint density at radius 3 is 2.78 bits per heavy atom. The van der Waals surface area contributed by atoms with Crippen LogP contribution in [0.5, 0.6) is 5.75 Å². The lowest BCUT2D eigenvalue weighted by molar-refractivity contribution is -0.143. The molecule has 32 heavy (non-hydrogen) atoms. The van der Waals surface area contributed by atoms with Crippen LogP contribution in [0.3, 0.4) is 0 Å². The Bertz CT molecular complexity index is 958. The lowest BCUT2D eigenvalue weighted by Gasteiger charge is -2.27. The first-order chi connectivity index (χ1) is 15.3. The highest BCUT2D eigenvalue weighted by Gasteiger charge is 2.28. The molecule has 1 N–H and O–H groups in total. The van der Waals surface area contributed by atoms with Gasteiger partial charge in [0.2, 0.25) is 0 Å². The standard InChI is InChI=1S/C23H32N4O5/c1-5-11-26(3)23(30)31-14-20-18(13-24-27(20)4)19-9-10-21(15(2)25-19)32-17-8-6-7-16(12-17)22(28)29/h9-10,13,16-17H,5-8,11-12,14H2,1-4H3,(H,28,29)/t16-,17-/m0/s1. The third-order valence-electron chi connectivity index (χ3n) is 5.85. The highest BCUT2D eigenvalue weighted by atomic mass is 16.6. The van der Waals surface area contributed by atoms with Gasteiger partial charge in [0.05, 0.1) is 35.3 Å². The number of amides is 1. The molecule has 1 aliphatic rings. The Morgan fingerprint density at radius 2 is 2.09 bits per heavy atom. The number of carbonyl (C=O) groups is 2. The number of pyridine rings is 1. The zero-order valence-electron chi connectivity index (χ0n) is 19.2. The van der Waals surface area contributed by atoms with Crippen molar-refractivity contribution in [2.24, 2.45) is 13.0 Å². The van der Waals surface area contributed by atoms with Gasteiger partial charge in [-0.15, -0.1) is 0 Å². The minimum atomic E-state index is -0.755. The fourth-order valence-electron chi connectivity index (χ4n) is 3.99. The van der Waals surface area contributed by atoms with E-state index in [4.69, 9.17) is 9.47 Å². The molecule has 0 spiro atoms.